The van der Waals surface area contributed by atoms with Gasteiger partial charge in [-0.1, -0.05) is 29.3 Å². The van der Waals surface area contributed by atoms with Crippen LogP contribution in [0, 0.1) is 6.92 Å². The van der Waals surface area contributed by atoms with Crippen LogP contribution in [0.3, 0.4) is 0 Å². The summed E-state index contributed by atoms with van der Waals surface area (Å²) in [6, 6.07) is 7.16. The van der Waals surface area contributed by atoms with Crippen LogP contribution in [0.5, 0.6) is 0 Å². The van der Waals surface area contributed by atoms with Gasteiger partial charge in [-0.3, -0.25) is 9.20 Å². The van der Waals surface area contributed by atoms with E-state index in [2.05, 4.69) is 20.9 Å². The number of rotatable bonds is 2. The van der Waals surface area contributed by atoms with E-state index in [0.29, 0.717) is 21.4 Å². The summed E-state index contributed by atoms with van der Waals surface area (Å²) in [7, 11) is 0. The molecule has 0 unspecified atom stereocenters. The van der Waals surface area contributed by atoms with Crippen LogP contribution in [0.2, 0.25) is 10.0 Å². The topological polar surface area (TPSA) is 34.4 Å². The second-order valence-corrected chi connectivity index (χ2v) is 6.36. The Balaban J connectivity index is 2.34. The molecular formula is C15H9BrCl2N2O. The third kappa shape index (κ3) is 2.48. The minimum atomic E-state index is 0.431. The number of aryl methyl sites for hydroxylation is 1. The summed E-state index contributed by atoms with van der Waals surface area (Å²) >= 11 is 15.4. The molecule has 0 amide bonds. The summed E-state index contributed by atoms with van der Waals surface area (Å²) in [5.41, 5.74) is 3.53. The molecule has 0 bridgehead atoms. The van der Waals surface area contributed by atoms with Gasteiger partial charge in [0.2, 0.25) is 0 Å². The van der Waals surface area contributed by atoms with Crippen LogP contribution in [0.4, 0.5) is 0 Å². The number of nitrogens with zero attached hydrogens (tertiary/aromatic N) is 2. The largest absolute Gasteiger partial charge is 0.296 e. The lowest BCUT2D eigenvalue weighted by Crippen LogP contribution is -1.94. The molecule has 0 saturated carbocycles. The van der Waals surface area contributed by atoms with Gasteiger partial charge in [0, 0.05) is 16.2 Å². The smallest absolute Gasteiger partial charge is 0.169 e. The first-order valence-electron chi connectivity index (χ1n) is 6.10. The Labute approximate surface area is 139 Å². The molecule has 0 saturated heterocycles. The summed E-state index contributed by atoms with van der Waals surface area (Å²) in [5, 5.41) is 0.900. The number of halogens is 3. The Hall–Kier alpha value is -1.36. The standard InChI is InChI=1S/C15H9BrCl2N2O/c1-8-4-10(16)6-20-13(7-21)14(19-15(8)20)9-2-3-11(17)12(18)5-9/h2-7H,1H3. The molecule has 0 aliphatic carbocycles. The molecule has 3 rings (SSSR count). The van der Waals surface area contributed by atoms with Crippen LogP contribution < -0.4 is 0 Å². The Morgan fingerprint density at radius 2 is 2.00 bits per heavy atom. The number of carbonyl (C=O) groups excluding carboxylic acids is 1. The highest BCUT2D eigenvalue weighted by atomic mass is 79.9. The van der Waals surface area contributed by atoms with E-state index >= 15 is 0 Å². The lowest BCUT2D eigenvalue weighted by molar-refractivity contribution is 0.111. The molecule has 0 N–H and O–H groups in total. The average molecular weight is 384 g/mol. The molecular weight excluding hydrogens is 375 g/mol. The van der Waals surface area contributed by atoms with Crippen LogP contribution >= 0.6 is 39.1 Å². The molecule has 0 atom stereocenters. The first-order valence-corrected chi connectivity index (χ1v) is 7.65. The van der Waals surface area contributed by atoms with Gasteiger partial charge in [-0.05, 0) is 46.6 Å². The molecule has 0 radical (unpaired) electrons. The van der Waals surface area contributed by atoms with E-state index in [0.717, 1.165) is 27.5 Å². The number of fused-ring (bicyclic) bond motifs is 1. The van der Waals surface area contributed by atoms with Gasteiger partial charge in [0.05, 0.1) is 10.0 Å². The van der Waals surface area contributed by atoms with Gasteiger partial charge in [-0.15, -0.1) is 0 Å². The summed E-state index contributed by atoms with van der Waals surface area (Å²) in [5.74, 6) is 0. The number of imidazole rings is 1. The lowest BCUT2D eigenvalue weighted by Gasteiger charge is -2.02. The van der Waals surface area contributed by atoms with Crippen molar-refractivity contribution in [3.05, 3.63) is 56.2 Å². The molecule has 0 fully saturated rings. The van der Waals surface area contributed by atoms with Crippen LogP contribution in [-0.4, -0.2) is 15.7 Å². The zero-order valence-electron chi connectivity index (χ0n) is 10.9. The first kappa shape index (κ1) is 14.6. The van der Waals surface area contributed by atoms with Crippen molar-refractivity contribution in [2.75, 3.05) is 0 Å². The molecule has 3 aromatic rings. The Morgan fingerprint density at radius 1 is 1.24 bits per heavy atom. The summed E-state index contributed by atoms with van der Waals surface area (Å²) in [6.45, 7) is 1.94. The third-order valence-corrected chi connectivity index (χ3v) is 4.38. The molecule has 106 valence electrons. The van der Waals surface area contributed by atoms with Crippen molar-refractivity contribution in [2.24, 2.45) is 0 Å². The van der Waals surface area contributed by atoms with Crippen LogP contribution in [0.15, 0.2) is 34.9 Å². The van der Waals surface area contributed by atoms with Gasteiger partial charge in [0.25, 0.3) is 0 Å². The maximum atomic E-state index is 11.5. The van der Waals surface area contributed by atoms with E-state index < -0.39 is 0 Å². The van der Waals surface area contributed by atoms with E-state index in [1.165, 1.54) is 0 Å². The molecule has 3 nitrogen and oxygen atoms in total. The zero-order valence-corrected chi connectivity index (χ0v) is 14.0. The predicted octanol–water partition coefficient (Wildman–Crippen LogP) is 5.19. The lowest BCUT2D eigenvalue weighted by atomic mass is 10.1. The van der Waals surface area contributed by atoms with Crippen LogP contribution in [0.1, 0.15) is 16.1 Å². The van der Waals surface area contributed by atoms with Crippen molar-refractivity contribution in [2.45, 2.75) is 6.92 Å². The summed E-state index contributed by atoms with van der Waals surface area (Å²) in [4.78, 5) is 16.1. The van der Waals surface area contributed by atoms with Crippen molar-refractivity contribution in [1.82, 2.24) is 9.38 Å². The number of benzene rings is 1. The molecule has 0 aliphatic heterocycles. The quantitative estimate of drug-likeness (QED) is 0.570. The fraction of sp³-hybridized carbons (Fsp3) is 0.0667. The maximum Gasteiger partial charge on any atom is 0.169 e. The summed E-state index contributed by atoms with van der Waals surface area (Å²) in [6.07, 6.45) is 2.61. The van der Waals surface area contributed by atoms with Gasteiger partial charge in [0.15, 0.2) is 6.29 Å². The van der Waals surface area contributed by atoms with Crippen molar-refractivity contribution in [3.8, 4) is 11.3 Å². The molecule has 21 heavy (non-hydrogen) atoms. The third-order valence-electron chi connectivity index (χ3n) is 3.21. The zero-order chi connectivity index (χ0) is 15.1. The van der Waals surface area contributed by atoms with E-state index in [4.69, 9.17) is 23.2 Å². The van der Waals surface area contributed by atoms with Gasteiger partial charge in [0.1, 0.15) is 17.0 Å². The van der Waals surface area contributed by atoms with Gasteiger partial charge >= 0.3 is 0 Å². The number of carbonyl (C=O) groups is 1. The van der Waals surface area contributed by atoms with Crippen molar-refractivity contribution in [3.63, 3.8) is 0 Å². The normalized spacial score (nSPS) is 11.0. The highest BCUT2D eigenvalue weighted by Gasteiger charge is 2.16. The predicted molar refractivity (Wildman–Crippen MR) is 88.5 cm³/mol. The first-order chi connectivity index (χ1) is 10.0. The Bertz CT molecular complexity index is 874. The number of pyridine rings is 1. The van der Waals surface area contributed by atoms with Crippen molar-refractivity contribution >= 4 is 51.1 Å². The maximum absolute atomic E-state index is 11.5. The SMILES string of the molecule is Cc1cc(Br)cn2c(C=O)c(-c3ccc(Cl)c(Cl)c3)nc12. The van der Waals surface area contributed by atoms with Gasteiger partial charge in [-0.25, -0.2) is 4.98 Å². The number of aromatic nitrogens is 2. The van der Waals surface area contributed by atoms with Gasteiger partial charge in [-0.2, -0.15) is 0 Å². The fourth-order valence-corrected chi connectivity index (χ4v) is 3.10. The highest BCUT2D eigenvalue weighted by molar-refractivity contribution is 9.10. The molecule has 0 spiro atoms. The second-order valence-electron chi connectivity index (χ2n) is 4.63. The van der Waals surface area contributed by atoms with Crippen LogP contribution in [-0.2, 0) is 0 Å². The number of aldehydes is 1. The fourth-order valence-electron chi connectivity index (χ4n) is 2.25. The molecule has 0 aliphatic rings. The van der Waals surface area contributed by atoms with E-state index in [1.807, 2.05) is 19.2 Å². The average Bonchev–Trinajstić information content (AvgIpc) is 2.80. The molecule has 6 heteroatoms. The second kappa shape index (κ2) is 5.44. The van der Waals surface area contributed by atoms with Crippen LogP contribution in [0.25, 0.3) is 16.9 Å². The molecule has 1 aromatic carbocycles. The Morgan fingerprint density at radius 3 is 2.67 bits per heavy atom. The highest BCUT2D eigenvalue weighted by Crippen LogP contribution is 2.31. The molecule has 2 heterocycles. The van der Waals surface area contributed by atoms with E-state index in [1.54, 1.807) is 22.6 Å². The van der Waals surface area contributed by atoms with E-state index in [9.17, 15) is 4.79 Å². The van der Waals surface area contributed by atoms with E-state index in [-0.39, 0.29) is 0 Å². The minimum absolute atomic E-state index is 0.431. The van der Waals surface area contributed by atoms with Crippen molar-refractivity contribution in [1.29, 1.82) is 0 Å². The minimum Gasteiger partial charge on any atom is -0.296 e. The molecule has 2 aromatic heterocycles. The number of hydrogen-bond donors (Lipinski definition) is 0. The monoisotopic (exact) mass is 382 g/mol. The summed E-state index contributed by atoms with van der Waals surface area (Å²) < 4.78 is 2.65. The Kier molecular flexibility index (Phi) is 3.78. The number of hydrogen-bond acceptors (Lipinski definition) is 2. The van der Waals surface area contributed by atoms with Crippen molar-refractivity contribution < 1.29 is 4.79 Å². The van der Waals surface area contributed by atoms with Gasteiger partial charge < -0.3 is 0 Å².